The molecule has 0 aromatic rings. The summed E-state index contributed by atoms with van der Waals surface area (Å²) in [6, 6.07) is 0. The third-order valence-corrected chi connectivity index (χ3v) is 0.957. The zero-order valence-electron chi connectivity index (χ0n) is 4.83. The van der Waals surface area contributed by atoms with Gasteiger partial charge in [-0.15, -0.1) is 0 Å². The Hall–Kier alpha value is 0.532. The highest BCUT2D eigenvalue weighted by atomic mass is 27.0. The molecule has 0 radical (unpaired) electrons. The van der Waals surface area contributed by atoms with Crippen LogP contribution in [0, 0.1) is 0 Å². The zero-order valence-corrected chi connectivity index (χ0v) is 4.83. The van der Waals surface area contributed by atoms with Crippen LogP contribution in [0.4, 0.5) is 0 Å². The highest BCUT2D eigenvalue weighted by Crippen LogP contribution is 1.95. The summed E-state index contributed by atoms with van der Waals surface area (Å²) in [5, 5.41) is 0. The molecule has 0 aromatic heterocycles. The molecule has 0 saturated carbocycles. The molecule has 0 rings (SSSR count). The van der Waals surface area contributed by atoms with E-state index in [1.54, 1.807) is 0 Å². The summed E-state index contributed by atoms with van der Waals surface area (Å²) >= 11 is 0. The van der Waals surface area contributed by atoms with E-state index in [-0.39, 0.29) is 18.8 Å². The van der Waals surface area contributed by atoms with E-state index in [0.29, 0.717) is 0 Å². The monoisotopic (exact) mass is 118 g/mol. The molecule has 0 fully saturated rings. The van der Waals surface area contributed by atoms with Crippen molar-refractivity contribution >= 4 is 17.4 Å². The molecule has 0 spiro atoms. The fourth-order valence-electron chi connectivity index (χ4n) is 0.500. The minimum atomic E-state index is 0. The second-order valence-electron chi connectivity index (χ2n) is 1.71. The van der Waals surface area contributed by atoms with E-state index < -0.39 is 0 Å². The predicted molar refractivity (Wildman–Crippen MR) is 41.9 cm³/mol. The van der Waals surface area contributed by atoms with E-state index in [1.807, 2.05) is 0 Å². The molecule has 0 unspecified atom stereocenters. The van der Waals surface area contributed by atoms with Crippen LogP contribution in [0.5, 0.6) is 0 Å². The van der Waals surface area contributed by atoms with Crippen molar-refractivity contribution in [2.75, 3.05) is 0 Å². The van der Waals surface area contributed by atoms with Crippen molar-refractivity contribution in [3.8, 4) is 0 Å². The van der Waals surface area contributed by atoms with Crippen molar-refractivity contribution in [3.05, 3.63) is 0 Å². The Labute approximate surface area is 58.9 Å². The maximum atomic E-state index is 2.23. The van der Waals surface area contributed by atoms with Crippen LogP contribution < -0.4 is 0 Å². The Morgan fingerprint density at radius 3 is 1.43 bits per heavy atom. The van der Waals surface area contributed by atoms with Gasteiger partial charge in [0, 0.05) is 1.43 Å². The normalized spacial score (nSPS) is 7.71. The molecule has 7 heavy (non-hydrogen) atoms. The minimum Gasteiger partial charge on any atom is -0.0654 e. The number of unbranched alkanes of at least 4 members (excludes halogenated alkanes) is 3. The van der Waals surface area contributed by atoms with Crippen molar-refractivity contribution in [2.45, 2.75) is 39.5 Å². The number of rotatable bonds is 3. The van der Waals surface area contributed by atoms with Gasteiger partial charge in [0.2, 0.25) is 0 Å². The van der Waals surface area contributed by atoms with Crippen LogP contribution >= 0.6 is 0 Å². The van der Waals surface area contributed by atoms with E-state index >= 15 is 0 Å². The zero-order chi connectivity index (χ0) is 4.83. The van der Waals surface area contributed by atoms with Crippen molar-refractivity contribution in [1.82, 2.24) is 0 Å². The van der Waals surface area contributed by atoms with Crippen LogP contribution in [0.2, 0.25) is 0 Å². The van der Waals surface area contributed by atoms with Gasteiger partial charge in [0.05, 0.1) is 0 Å². The summed E-state index contributed by atoms with van der Waals surface area (Å²) in [6.45, 7) is 4.46. The lowest BCUT2D eigenvalue weighted by Gasteiger charge is -1.86. The maximum absolute atomic E-state index is 2.23. The molecule has 0 N–H and O–H groups in total. The first-order valence-electron chi connectivity index (χ1n) is 2.91. The molecular weight excluding hydrogens is 99.0 g/mol. The lowest BCUT2D eigenvalue weighted by Crippen LogP contribution is -1.66. The maximum Gasteiger partial charge on any atom is 0.187 e. The molecule has 0 heterocycles. The number of hydrogen-bond donors (Lipinski definition) is 0. The summed E-state index contributed by atoms with van der Waals surface area (Å²) in [7, 11) is 0. The van der Waals surface area contributed by atoms with Crippen LogP contribution in [-0.4, -0.2) is 17.4 Å². The molecule has 0 amide bonds. The van der Waals surface area contributed by atoms with Gasteiger partial charge in [0.1, 0.15) is 0 Å². The molecule has 0 atom stereocenters. The van der Waals surface area contributed by atoms with Gasteiger partial charge in [-0.25, -0.2) is 0 Å². The quantitative estimate of drug-likeness (QED) is 0.390. The minimum absolute atomic E-state index is 0. The van der Waals surface area contributed by atoms with Crippen molar-refractivity contribution in [3.63, 3.8) is 0 Å². The van der Waals surface area contributed by atoms with Crippen molar-refractivity contribution < 1.29 is 1.43 Å². The standard InChI is InChI=1S/C6H14.Al.H2.3H/c1-3-5-6-4-2;;;;;/h3-6H2,1-2H3;;1H;;;. The van der Waals surface area contributed by atoms with Crippen molar-refractivity contribution in [1.29, 1.82) is 0 Å². The van der Waals surface area contributed by atoms with E-state index in [0.717, 1.165) is 0 Å². The van der Waals surface area contributed by atoms with Gasteiger partial charge in [-0.2, -0.15) is 0 Å². The van der Waals surface area contributed by atoms with Crippen LogP contribution in [0.3, 0.4) is 0 Å². The molecule has 0 aromatic carbocycles. The second kappa shape index (κ2) is 9.73. The lowest BCUT2D eigenvalue weighted by atomic mass is 10.2. The van der Waals surface area contributed by atoms with Gasteiger partial charge in [-0.05, 0) is 0 Å². The summed E-state index contributed by atoms with van der Waals surface area (Å²) in [5.41, 5.74) is 0. The Morgan fingerprint density at radius 2 is 1.29 bits per heavy atom. The van der Waals surface area contributed by atoms with Crippen LogP contribution in [0.25, 0.3) is 0 Å². The van der Waals surface area contributed by atoms with Crippen LogP contribution in [0.15, 0.2) is 0 Å². The van der Waals surface area contributed by atoms with Crippen LogP contribution in [0.1, 0.15) is 41.0 Å². The fourth-order valence-corrected chi connectivity index (χ4v) is 0.500. The molecule has 1 heteroatoms. The Bertz CT molecular complexity index is 20.5. The summed E-state index contributed by atoms with van der Waals surface area (Å²) in [6.07, 6.45) is 5.54. The van der Waals surface area contributed by atoms with E-state index in [4.69, 9.17) is 0 Å². The largest absolute Gasteiger partial charge is 0.187 e. The lowest BCUT2D eigenvalue weighted by molar-refractivity contribution is 0.702. The van der Waals surface area contributed by atoms with Gasteiger partial charge in [0.15, 0.2) is 17.4 Å². The summed E-state index contributed by atoms with van der Waals surface area (Å²) in [4.78, 5) is 0. The Kier molecular flexibility index (Phi) is 14.6. The molecule has 46 valence electrons. The van der Waals surface area contributed by atoms with Crippen LogP contribution in [-0.2, 0) is 0 Å². The highest BCUT2D eigenvalue weighted by molar-refractivity contribution is 5.75. The molecular formula is C6H19Al. The van der Waals surface area contributed by atoms with Gasteiger partial charge >= 0.3 is 0 Å². The third-order valence-electron chi connectivity index (χ3n) is 0.957. The van der Waals surface area contributed by atoms with Gasteiger partial charge in [-0.1, -0.05) is 39.5 Å². The van der Waals surface area contributed by atoms with Gasteiger partial charge in [-0.3, -0.25) is 0 Å². The molecule has 0 bridgehead atoms. The van der Waals surface area contributed by atoms with E-state index in [1.165, 1.54) is 25.7 Å². The van der Waals surface area contributed by atoms with Crippen molar-refractivity contribution in [2.24, 2.45) is 0 Å². The molecule has 0 aliphatic carbocycles. The fraction of sp³-hybridized carbons (Fsp3) is 1.00. The Morgan fingerprint density at radius 1 is 1.00 bits per heavy atom. The highest BCUT2D eigenvalue weighted by Gasteiger charge is 1.75. The first-order valence-corrected chi connectivity index (χ1v) is 2.91. The average Bonchev–Trinajstić information content (AvgIpc) is 1.61. The Balaban J connectivity index is -0.000000125. The number of hydrogen-bond acceptors (Lipinski definition) is 0. The molecule has 0 saturated heterocycles. The topological polar surface area (TPSA) is 0 Å². The van der Waals surface area contributed by atoms with E-state index in [2.05, 4.69) is 13.8 Å². The molecule has 0 aliphatic heterocycles. The summed E-state index contributed by atoms with van der Waals surface area (Å²) in [5.74, 6) is 0. The predicted octanol–water partition coefficient (Wildman–Crippen LogP) is 1.65. The first kappa shape index (κ1) is 10.5. The van der Waals surface area contributed by atoms with Gasteiger partial charge in [0.25, 0.3) is 0 Å². The average molecular weight is 118 g/mol. The molecule has 0 aliphatic rings. The first-order chi connectivity index (χ1) is 2.91. The smallest absolute Gasteiger partial charge is 0.0654 e. The SMILES string of the molecule is CCCCCC.[AlH3].[HH]. The summed E-state index contributed by atoms with van der Waals surface area (Å²) < 4.78 is 0. The van der Waals surface area contributed by atoms with E-state index in [9.17, 15) is 0 Å². The third kappa shape index (κ3) is 10.8. The van der Waals surface area contributed by atoms with Gasteiger partial charge < -0.3 is 0 Å². The second-order valence-corrected chi connectivity index (χ2v) is 1.71. The molecule has 0 nitrogen and oxygen atoms in total.